The van der Waals surface area contributed by atoms with E-state index in [1.54, 1.807) is 0 Å². The highest BCUT2D eigenvalue weighted by atomic mass is 16.5. The number of nitrogens with two attached hydrogens (primary N) is 1. The number of carbonyl (C=O) groups is 1. The van der Waals surface area contributed by atoms with Gasteiger partial charge in [0.15, 0.2) is 0 Å². The van der Waals surface area contributed by atoms with Gasteiger partial charge in [-0.1, -0.05) is 0 Å². The number of rotatable bonds is 5. The first kappa shape index (κ1) is 13.9. The Kier molecular flexibility index (Phi) is 4.79. The van der Waals surface area contributed by atoms with E-state index in [0.29, 0.717) is 5.70 Å². The van der Waals surface area contributed by atoms with Crippen molar-refractivity contribution in [2.45, 2.75) is 31.8 Å². The smallest absolute Gasteiger partial charge is 0.286 e. The molecule has 1 amide bonds. The summed E-state index contributed by atoms with van der Waals surface area (Å²) in [6.07, 6.45) is 5.43. The summed E-state index contributed by atoms with van der Waals surface area (Å²) in [6.45, 7) is 3.20. The van der Waals surface area contributed by atoms with Crippen molar-refractivity contribution in [1.82, 2.24) is 10.2 Å². The van der Waals surface area contributed by atoms with Crippen molar-refractivity contribution in [3.8, 4) is 0 Å². The van der Waals surface area contributed by atoms with Crippen LogP contribution in [0.4, 0.5) is 0 Å². The molecule has 106 valence electrons. The standard InChI is InChI=1S/C13H22N4O2/c14-9-11(17-7-5-16-6-8-17)12(13(15)18)19-10-3-1-2-4-10/h9-10,14,16H,1-8H2,(H2,15,18). The first-order chi connectivity index (χ1) is 9.22. The van der Waals surface area contributed by atoms with Crippen molar-refractivity contribution in [2.75, 3.05) is 26.2 Å². The van der Waals surface area contributed by atoms with Gasteiger partial charge in [0, 0.05) is 32.4 Å². The van der Waals surface area contributed by atoms with Gasteiger partial charge in [0.05, 0.1) is 6.10 Å². The SMILES string of the molecule is N=CC(=C(OC1CCCC1)C(N)=O)N1CCNCC1. The first-order valence-electron chi connectivity index (χ1n) is 6.89. The average Bonchev–Trinajstić information content (AvgIpc) is 2.92. The molecule has 6 nitrogen and oxygen atoms in total. The van der Waals surface area contributed by atoms with Gasteiger partial charge in [0.2, 0.25) is 5.76 Å². The monoisotopic (exact) mass is 266 g/mol. The number of allylic oxidation sites excluding steroid dienone is 1. The minimum absolute atomic E-state index is 0.0698. The van der Waals surface area contributed by atoms with E-state index in [1.807, 2.05) is 4.90 Å². The maximum Gasteiger partial charge on any atom is 0.286 e. The van der Waals surface area contributed by atoms with Gasteiger partial charge in [-0.2, -0.15) is 0 Å². The van der Waals surface area contributed by atoms with Gasteiger partial charge in [-0.15, -0.1) is 0 Å². The van der Waals surface area contributed by atoms with Crippen LogP contribution in [0.1, 0.15) is 25.7 Å². The Bertz CT molecular complexity index is 369. The maximum atomic E-state index is 11.6. The molecular weight excluding hydrogens is 244 g/mol. The number of amides is 1. The number of hydrogen-bond acceptors (Lipinski definition) is 5. The quantitative estimate of drug-likeness (QED) is 0.376. The van der Waals surface area contributed by atoms with Crippen LogP contribution in [-0.2, 0) is 9.53 Å². The lowest BCUT2D eigenvalue weighted by Crippen LogP contribution is -2.44. The topological polar surface area (TPSA) is 91.4 Å². The summed E-state index contributed by atoms with van der Waals surface area (Å²) >= 11 is 0. The summed E-state index contributed by atoms with van der Waals surface area (Å²) in [5, 5.41) is 10.8. The van der Waals surface area contributed by atoms with Crippen molar-refractivity contribution in [3.05, 3.63) is 11.5 Å². The summed E-state index contributed by atoms with van der Waals surface area (Å²) in [5.41, 5.74) is 5.95. The largest absolute Gasteiger partial charge is 0.483 e. The molecule has 1 saturated heterocycles. The third kappa shape index (κ3) is 3.47. The molecule has 1 saturated carbocycles. The molecule has 6 heteroatoms. The Labute approximate surface area is 113 Å². The third-order valence-electron chi connectivity index (χ3n) is 3.64. The van der Waals surface area contributed by atoms with Crippen LogP contribution in [0.2, 0.25) is 0 Å². The number of primary amides is 1. The van der Waals surface area contributed by atoms with Gasteiger partial charge in [-0.05, 0) is 25.7 Å². The molecular formula is C13H22N4O2. The number of ether oxygens (including phenoxy) is 1. The molecule has 2 aliphatic rings. The fourth-order valence-electron chi connectivity index (χ4n) is 2.62. The maximum absolute atomic E-state index is 11.6. The molecule has 0 bridgehead atoms. The molecule has 0 radical (unpaired) electrons. The van der Waals surface area contributed by atoms with E-state index in [9.17, 15) is 4.79 Å². The van der Waals surface area contributed by atoms with Gasteiger partial charge in [-0.25, -0.2) is 0 Å². The summed E-state index contributed by atoms with van der Waals surface area (Å²) in [6, 6.07) is 0. The molecule has 0 aromatic rings. The molecule has 19 heavy (non-hydrogen) atoms. The summed E-state index contributed by atoms with van der Waals surface area (Å²) in [5.74, 6) is -0.423. The molecule has 4 N–H and O–H groups in total. The average molecular weight is 266 g/mol. The summed E-state index contributed by atoms with van der Waals surface area (Å²) in [7, 11) is 0. The zero-order valence-electron chi connectivity index (χ0n) is 11.2. The molecule has 0 aromatic carbocycles. The van der Waals surface area contributed by atoms with Crippen molar-refractivity contribution in [3.63, 3.8) is 0 Å². The summed E-state index contributed by atoms with van der Waals surface area (Å²) in [4.78, 5) is 13.6. The molecule has 0 atom stereocenters. The highest BCUT2D eigenvalue weighted by Gasteiger charge is 2.25. The highest BCUT2D eigenvalue weighted by Crippen LogP contribution is 2.24. The van der Waals surface area contributed by atoms with Crippen LogP contribution in [0, 0.1) is 5.41 Å². The fraction of sp³-hybridized carbons (Fsp3) is 0.692. The second-order valence-corrected chi connectivity index (χ2v) is 4.98. The molecule has 1 aliphatic heterocycles. The van der Waals surface area contributed by atoms with Crippen molar-refractivity contribution in [1.29, 1.82) is 5.41 Å². The van der Waals surface area contributed by atoms with E-state index in [1.165, 1.54) is 6.21 Å². The summed E-state index contributed by atoms with van der Waals surface area (Å²) < 4.78 is 5.77. The molecule has 1 aliphatic carbocycles. The zero-order chi connectivity index (χ0) is 13.7. The van der Waals surface area contributed by atoms with Gasteiger partial charge >= 0.3 is 0 Å². The van der Waals surface area contributed by atoms with Crippen LogP contribution in [0.15, 0.2) is 11.5 Å². The molecule has 0 aromatic heterocycles. The minimum atomic E-state index is -0.580. The number of carbonyl (C=O) groups excluding carboxylic acids is 1. The van der Waals surface area contributed by atoms with E-state index in [2.05, 4.69) is 5.32 Å². The first-order valence-corrected chi connectivity index (χ1v) is 6.89. The fourth-order valence-corrected chi connectivity index (χ4v) is 2.62. The van der Waals surface area contributed by atoms with Crippen molar-refractivity contribution in [2.24, 2.45) is 5.73 Å². The lowest BCUT2D eigenvalue weighted by molar-refractivity contribution is -0.119. The molecule has 0 unspecified atom stereocenters. The number of nitrogens with one attached hydrogen (secondary N) is 2. The molecule has 2 rings (SSSR count). The number of nitrogens with zero attached hydrogens (tertiary/aromatic N) is 1. The van der Waals surface area contributed by atoms with Gasteiger partial charge in [-0.3, -0.25) is 4.79 Å². The van der Waals surface area contributed by atoms with Crippen LogP contribution in [0.3, 0.4) is 0 Å². The Morgan fingerprint density at radius 2 is 1.95 bits per heavy atom. The Hall–Kier alpha value is -1.56. The van der Waals surface area contributed by atoms with Crippen molar-refractivity contribution < 1.29 is 9.53 Å². The Morgan fingerprint density at radius 1 is 1.32 bits per heavy atom. The Morgan fingerprint density at radius 3 is 2.47 bits per heavy atom. The minimum Gasteiger partial charge on any atom is -0.483 e. The lowest BCUT2D eigenvalue weighted by atomic mass is 10.2. The van der Waals surface area contributed by atoms with Crippen molar-refractivity contribution >= 4 is 12.1 Å². The molecule has 1 heterocycles. The predicted molar refractivity (Wildman–Crippen MR) is 72.8 cm³/mol. The van der Waals surface area contributed by atoms with Crippen LogP contribution < -0.4 is 11.1 Å². The lowest BCUT2D eigenvalue weighted by Gasteiger charge is -2.31. The number of hydrogen-bond donors (Lipinski definition) is 3. The van der Waals surface area contributed by atoms with E-state index in [4.69, 9.17) is 15.9 Å². The van der Waals surface area contributed by atoms with E-state index in [-0.39, 0.29) is 11.9 Å². The number of piperazine rings is 1. The zero-order valence-corrected chi connectivity index (χ0v) is 11.2. The Balaban J connectivity index is 2.17. The highest BCUT2D eigenvalue weighted by molar-refractivity contribution is 5.96. The van der Waals surface area contributed by atoms with E-state index >= 15 is 0 Å². The molecule has 0 spiro atoms. The molecule has 2 fully saturated rings. The van der Waals surface area contributed by atoms with E-state index in [0.717, 1.165) is 51.9 Å². The van der Waals surface area contributed by atoms with Crippen LogP contribution in [-0.4, -0.2) is 49.3 Å². The van der Waals surface area contributed by atoms with Crippen LogP contribution in [0.25, 0.3) is 0 Å². The van der Waals surface area contributed by atoms with Gasteiger partial charge < -0.3 is 26.1 Å². The second-order valence-electron chi connectivity index (χ2n) is 4.98. The predicted octanol–water partition coefficient (Wildman–Crippen LogP) is 0.197. The van der Waals surface area contributed by atoms with Crippen LogP contribution in [0.5, 0.6) is 0 Å². The van der Waals surface area contributed by atoms with E-state index < -0.39 is 5.91 Å². The van der Waals surface area contributed by atoms with Gasteiger partial charge in [0.1, 0.15) is 5.70 Å². The van der Waals surface area contributed by atoms with Crippen LogP contribution >= 0.6 is 0 Å². The second kappa shape index (κ2) is 6.56. The van der Waals surface area contributed by atoms with Gasteiger partial charge in [0.25, 0.3) is 5.91 Å². The normalized spacial score (nSPS) is 22.0. The third-order valence-corrected chi connectivity index (χ3v) is 3.64.